The molecule has 2 amide bonds. The average Bonchev–Trinajstić information content (AvgIpc) is 3.47. The molecule has 3 fully saturated rings. The van der Waals surface area contributed by atoms with Crippen molar-refractivity contribution in [3.63, 3.8) is 0 Å². The van der Waals surface area contributed by atoms with Crippen LogP contribution in [0.5, 0.6) is 5.75 Å². The van der Waals surface area contributed by atoms with Gasteiger partial charge in [-0.15, -0.1) is 5.10 Å². The molecule has 1 unspecified atom stereocenters. The first kappa shape index (κ1) is 20.7. The summed E-state index contributed by atoms with van der Waals surface area (Å²) < 4.78 is 11.6. The highest BCUT2D eigenvalue weighted by Crippen LogP contribution is 2.25. The summed E-state index contributed by atoms with van der Waals surface area (Å²) in [7, 11) is 0. The molecule has 168 valence electrons. The van der Waals surface area contributed by atoms with Crippen molar-refractivity contribution >= 4 is 23.3 Å². The molecule has 1 N–H and O–H groups in total. The molecule has 9 heteroatoms. The number of amides is 2. The molecule has 32 heavy (non-hydrogen) atoms. The van der Waals surface area contributed by atoms with Crippen molar-refractivity contribution in [2.45, 2.75) is 31.5 Å². The fourth-order valence-electron chi connectivity index (χ4n) is 4.35. The minimum atomic E-state index is -0.278. The monoisotopic (exact) mass is 437 g/mol. The van der Waals surface area contributed by atoms with Crippen LogP contribution in [0.2, 0.25) is 0 Å². The summed E-state index contributed by atoms with van der Waals surface area (Å²) in [4.78, 5) is 28.8. The fourth-order valence-corrected chi connectivity index (χ4v) is 4.35. The highest BCUT2D eigenvalue weighted by molar-refractivity contribution is 5.94. The number of nitrogens with one attached hydrogen (secondary N) is 1. The summed E-state index contributed by atoms with van der Waals surface area (Å²) in [6.45, 7) is 3.22. The molecule has 0 bridgehead atoms. The largest absolute Gasteiger partial charge is 0.489 e. The number of hydrogen-bond donors (Lipinski definition) is 1. The Morgan fingerprint density at radius 1 is 1.09 bits per heavy atom. The number of benzene rings is 1. The maximum Gasteiger partial charge on any atom is 0.251 e. The van der Waals surface area contributed by atoms with E-state index in [1.807, 2.05) is 46.2 Å². The van der Waals surface area contributed by atoms with Gasteiger partial charge in [-0.1, -0.05) is 0 Å². The third-order valence-corrected chi connectivity index (χ3v) is 6.22. The SMILES string of the molecule is O=C(Nc1ccc(O[C@@H]2CCN(C(=O)C3CCCO3)C2)cc1)C1CN(c2cccnn2)C1. The predicted octanol–water partition coefficient (Wildman–Crippen LogP) is 1.71. The van der Waals surface area contributed by atoms with Crippen molar-refractivity contribution in [3.05, 3.63) is 42.6 Å². The van der Waals surface area contributed by atoms with Crippen LogP contribution in [-0.2, 0) is 14.3 Å². The molecule has 9 nitrogen and oxygen atoms in total. The Labute approximate surface area is 186 Å². The van der Waals surface area contributed by atoms with Gasteiger partial charge in [0.05, 0.1) is 12.5 Å². The second kappa shape index (κ2) is 9.12. The van der Waals surface area contributed by atoms with Crippen LogP contribution >= 0.6 is 0 Å². The molecular formula is C23H27N5O4. The van der Waals surface area contributed by atoms with Gasteiger partial charge in [-0.2, -0.15) is 5.10 Å². The molecule has 0 radical (unpaired) electrons. The zero-order valence-electron chi connectivity index (χ0n) is 17.9. The summed E-state index contributed by atoms with van der Waals surface area (Å²) in [5, 5.41) is 10.9. The van der Waals surface area contributed by atoms with Crippen LogP contribution in [0.4, 0.5) is 11.5 Å². The van der Waals surface area contributed by atoms with Crippen LogP contribution in [0.1, 0.15) is 19.3 Å². The molecule has 4 heterocycles. The molecule has 3 saturated heterocycles. The highest BCUT2D eigenvalue weighted by atomic mass is 16.5. The minimum Gasteiger partial charge on any atom is -0.489 e. The number of ether oxygens (including phenoxy) is 2. The Kier molecular flexibility index (Phi) is 5.89. The summed E-state index contributed by atoms with van der Waals surface area (Å²) in [5.41, 5.74) is 0.738. The van der Waals surface area contributed by atoms with Crippen molar-refractivity contribution in [2.75, 3.05) is 43.0 Å². The van der Waals surface area contributed by atoms with Crippen LogP contribution in [0, 0.1) is 5.92 Å². The molecule has 3 aliphatic rings. The predicted molar refractivity (Wildman–Crippen MR) is 117 cm³/mol. The summed E-state index contributed by atoms with van der Waals surface area (Å²) in [6.07, 6.45) is 3.90. The van der Waals surface area contributed by atoms with E-state index in [0.29, 0.717) is 32.8 Å². The van der Waals surface area contributed by atoms with Crippen LogP contribution in [0.3, 0.4) is 0 Å². The van der Waals surface area contributed by atoms with E-state index in [4.69, 9.17) is 9.47 Å². The van der Waals surface area contributed by atoms with Crippen molar-refractivity contribution in [3.8, 4) is 5.75 Å². The van der Waals surface area contributed by atoms with Gasteiger partial charge in [-0.3, -0.25) is 9.59 Å². The van der Waals surface area contributed by atoms with Crippen LogP contribution < -0.4 is 15.0 Å². The van der Waals surface area contributed by atoms with E-state index < -0.39 is 0 Å². The molecule has 0 saturated carbocycles. The molecular weight excluding hydrogens is 410 g/mol. The fraction of sp³-hybridized carbons (Fsp3) is 0.478. The second-order valence-corrected chi connectivity index (χ2v) is 8.51. The Morgan fingerprint density at radius 2 is 1.94 bits per heavy atom. The lowest BCUT2D eigenvalue weighted by atomic mass is 9.99. The van der Waals surface area contributed by atoms with E-state index >= 15 is 0 Å². The van der Waals surface area contributed by atoms with Crippen molar-refractivity contribution in [1.29, 1.82) is 0 Å². The first-order valence-electron chi connectivity index (χ1n) is 11.2. The molecule has 3 aliphatic heterocycles. The van der Waals surface area contributed by atoms with Crippen molar-refractivity contribution in [2.24, 2.45) is 5.92 Å². The zero-order valence-corrected chi connectivity index (χ0v) is 17.9. The number of nitrogens with zero attached hydrogens (tertiary/aromatic N) is 4. The van der Waals surface area contributed by atoms with Gasteiger partial charge in [0.2, 0.25) is 5.91 Å². The van der Waals surface area contributed by atoms with Gasteiger partial charge in [0.25, 0.3) is 5.91 Å². The number of carbonyl (C=O) groups is 2. The lowest BCUT2D eigenvalue weighted by Crippen LogP contribution is -2.52. The Morgan fingerprint density at radius 3 is 2.66 bits per heavy atom. The van der Waals surface area contributed by atoms with E-state index in [1.165, 1.54) is 0 Å². The van der Waals surface area contributed by atoms with Crippen molar-refractivity contribution in [1.82, 2.24) is 15.1 Å². The van der Waals surface area contributed by atoms with Gasteiger partial charge < -0.3 is 24.6 Å². The molecule has 0 aliphatic carbocycles. The lowest BCUT2D eigenvalue weighted by Gasteiger charge is -2.38. The minimum absolute atomic E-state index is 0.00196. The maximum absolute atomic E-state index is 12.5. The van der Waals surface area contributed by atoms with E-state index in [9.17, 15) is 9.59 Å². The third-order valence-electron chi connectivity index (χ3n) is 6.22. The number of carbonyl (C=O) groups excluding carboxylic acids is 2. The Balaban J connectivity index is 1.07. The molecule has 1 aromatic heterocycles. The van der Waals surface area contributed by atoms with Crippen molar-refractivity contribution < 1.29 is 19.1 Å². The average molecular weight is 438 g/mol. The molecule has 2 atom stereocenters. The first-order valence-corrected chi connectivity index (χ1v) is 11.2. The molecule has 1 aromatic carbocycles. The van der Waals surface area contributed by atoms with Gasteiger partial charge in [0.15, 0.2) is 5.82 Å². The third kappa shape index (κ3) is 4.52. The normalized spacial score (nSPS) is 23.1. The molecule has 0 spiro atoms. The first-order chi connectivity index (χ1) is 15.7. The highest BCUT2D eigenvalue weighted by Gasteiger charge is 2.35. The number of likely N-dealkylation sites (tertiary alicyclic amines) is 1. The maximum atomic E-state index is 12.5. The second-order valence-electron chi connectivity index (χ2n) is 8.51. The van der Waals surface area contributed by atoms with Gasteiger partial charge in [-0.25, -0.2) is 0 Å². The van der Waals surface area contributed by atoms with E-state index in [0.717, 1.165) is 36.5 Å². The van der Waals surface area contributed by atoms with Gasteiger partial charge in [0.1, 0.15) is 18.0 Å². The summed E-state index contributed by atoms with van der Waals surface area (Å²) >= 11 is 0. The number of aromatic nitrogens is 2. The van der Waals surface area contributed by atoms with E-state index in [2.05, 4.69) is 15.5 Å². The molecule has 5 rings (SSSR count). The smallest absolute Gasteiger partial charge is 0.251 e. The summed E-state index contributed by atoms with van der Waals surface area (Å²) in [6, 6.07) is 11.1. The van der Waals surface area contributed by atoms with Gasteiger partial charge >= 0.3 is 0 Å². The summed E-state index contributed by atoms with van der Waals surface area (Å²) in [5.74, 6) is 1.54. The number of rotatable bonds is 6. The van der Waals surface area contributed by atoms with Gasteiger partial charge in [0, 0.05) is 44.5 Å². The zero-order chi connectivity index (χ0) is 21.9. The topological polar surface area (TPSA) is 96.9 Å². The Bertz CT molecular complexity index is 943. The van der Waals surface area contributed by atoms with Crippen LogP contribution in [-0.4, -0.2) is 71.9 Å². The number of hydrogen-bond acceptors (Lipinski definition) is 7. The number of anilines is 2. The van der Waals surface area contributed by atoms with Gasteiger partial charge in [-0.05, 0) is 49.2 Å². The van der Waals surface area contributed by atoms with E-state index in [-0.39, 0.29) is 29.9 Å². The van der Waals surface area contributed by atoms with E-state index in [1.54, 1.807) is 6.20 Å². The Hall–Kier alpha value is -3.20. The molecule has 2 aromatic rings. The standard InChI is InChI=1S/C23H27N5O4/c29-22(16-13-28(14-16)21-4-1-10-24-26-21)25-17-5-7-18(8-6-17)32-19-9-11-27(15-19)23(30)20-3-2-12-31-20/h1,4-8,10,16,19-20H,2-3,9,11-15H2,(H,25,29)/t19-,20?/m1/s1. The van der Waals surface area contributed by atoms with Crippen LogP contribution in [0.15, 0.2) is 42.6 Å². The lowest BCUT2D eigenvalue weighted by molar-refractivity contribution is -0.140. The van der Waals surface area contributed by atoms with Crippen LogP contribution in [0.25, 0.3) is 0 Å². The quantitative estimate of drug-likeness (QED) is 0.735.